The van der Waals surface area contributed by atoms with E-state index in [1.54, 1.807) is 12.4 Å². The van der Waals surface area contributed by atoms with Gasteiger partial charge in [0.25, 0.3) is 0 Å². The van der Waals surface area contributed by atoms with Crippen LogP contribution < -0.4 is 10.6 Å². The molecule has 0 atom stereocenters. The minimum Gasteiger partial charge on any atom is -0.368 e. The van der Waals surface area contributed by atoms with Crippen LogP contribution in [0.5, 0.6) is 0 Å². The SMILES string of the molecule is CC(C)Nc1cc(Nc2ccncc2)nc(-c2ccccc2Cl)n1. The number of pyridine rings is 1. The monoisotopic (exact) mass is 339 g/mol. The molecule has 0 spiro atoms. The third kappa shape index (κ3) is 4.00. The van der Waals surface area contributed by atoms with Crippen LogP contribution in [0, 0.1) is 0 Å². The standard InChI is InChI=1S/C18H18ClN5/c1-12(2)21-16-11-17(22-13-7-9-20-10-8-13)24-18(23-16)14-5-3-4-6-15(14)19/h3-12H,1-2H3,(H2,20,21,22,23,24). The van der Waals surface area contributed by atoms with Crippen LogP contribution in [-0.2, 0) is 0 Å². The van der Waals surface area contributed by atoms with Crippen LogP contribution in [0.15, 0.2) is 54.9 Å². The van der Waals surface area contributed by atoms with Crippen molar-refractivity contribution >= 4 is 28.9 Å². The molecule has 0 saturated heterocycles. The molecule has 0 unspecified atom stereocenters. The summed E-state index contributed by atoms with van der Waals surface area (Å²) in [6.07, 6.45) is 3.46. The molecule has 6 heteroatoms. The topological polar surface area (TPSA) is 62.7 Å². The van der Waals surface area contributed by atoms with Crippen LogP contribution in [0.25, 0.3) is 11.4 Å². The van der Waals surface area contributed by atoms with Crippen molar-refractivity contribution in [2.45, 2.75) is 19.9 Å². The Morgan fingerprint density at radius 3 is 2.38 bits per heavy atom. The largest absolute Gasteiger partial charge is 0.368 e. The molecule has 0 aliphatic carbocycles. The molecular weight excluding hydrogens is 322 g/mol. The molecule has 0 aliphatic rings. The van der Waals surface area contributed by atoms with E-state index in [-0.39, 0.29) is 6.04 Å². The highest BCUT2D eigenvalue weighted by Gasteiger charge is 2.11. The number of nitrogens with zero attached hydrogens (tertiary/aromatic N) is 3. The second-order valence-electron chi connectivity index (χ2n) is 5.60. The van der Waals surface area contributed by atoms with E-state index in [0.717, 1.165) is 17.1 Å². The number of aromatic nitrogens is 3. The maximum Gasteiger partial charge on any atom is 0.165 e. The van der Waals surface area contributed by atoms with Gasteiger partial charge in [0.15, 0.2) is 5.82 Å². The first-order valence-electron chi connectivity index (χ1n) is 7.69. The summed E-state index contributed by atoms with van der Waals surface area (Å²) in [6.45, 7) is 4.13. The number of halogens is 1. The van der Waals surface area contributed by atoms with Crippen molar-refractivity contribution in [3.8, 4) is 11.4 Å². The van der Waals surface area contributed by atoms with Gasteiger partial charge < -0.3 is 10.6 Å². The number of anilines is 3. The molecule has 0 fully saturated rings. The van der Waals surface area contributed by atoms with Gasteiger partial charge in [0.05, 0.1) is 5.02 Å². The first-order chi connectivity index (χ1) is 11.6. The molecular formula is C18H18ClN5. The van der Waals surface area contributed by atoms with Crippen molar-refractivity contribution in [3.63, 3.8) is 0 Å². The smallest absolute Gasteiger partial charge is 0.165 e. The average molecular weight is 340 g/mol. The Hall–Kier alpha value is -2.66. The van der Waals surface area contributed by atoms with E-state index in [0.29, 0.717) is 16.7 Å². The molecule has 0 aliphatic heterocycles. The van der Waals surface area contributed by atoms with Gasteiger partial charge in [-0.15, -0.1) is 0 Å². The van der Waals surface area contributed by atoms with Crippen molar-refractivity contribution in [1.82, 2.24) is 15.0 Å². The Bertz CT molecular complexity index is 821. The second kappa shape index (κ2) is 7.27. The summed E-state index contributed by atoms with van der Waals surface area (Å²) in [5, 5.41) is 7.21. The Labute approximate surface area is 146 Å². The van der Waals surface area contributed by atoms with E-state index >= 15 is 0 Å². The van der Waals surface area contributed by atoms with Crippen molar-refractivity contribution < 1.29 is 0 Å². The lowest BCUT2D eigenvalue weighted by Gasteiger charge is -2.14. The predicted octanol–water partition coefficient (Wildman–Crippen LogP) is 4.76. The zero-order valence-electron chi connectivity index (χ0n) is 13.5. The fourth-order valence-corrected chi connectivity index (χ4v) is 2.45. The van der Waals surface area contributed by atoms with Gasteiger partial charge >= 0.3 is 0 Å². The zero-order chi connectivity index (χ0) is 16.9. The lowest BCUT2D eigenvalue weighted by atomic mass is 10.2. The van der Waals surface area contributed by atoms with Crippen LogP contribution in [0.1, 0.15) is 13.8 Å². The Morgan fingerprint density at radius 2 is 1.67 bits per heavy atom. The van der Waals surface area contributed by atoms with E-state index < -0.39 is 0 Å². The van der Waals surface area contributed by atoms with Gasteiger partial charge in [-0.3, -0.25) is 4.98 Å². The van der Waals surface area contributed by atoms with E-state index in [9.17, 15) is 0 Å². The molecule has 2 aromatic heterocycles. The molecule has 2 heterocycles. The van der Waals surface area contributed by atoms with Crippen LogP contribution >= 0.6 is 11.6 Å². The Balaban J connectivity index is 2.02. The number of rotatable bonds is 5. The summed E-state index contributed by atoms with van der Waals surface area (Å²) in [5.41, 5.74) is 1.70. The highest BCUT2D eigenvalue weighted by Crippen LogP contribution is 2.28. The molecule has 0 amide bonds. The average Bonchev–Trinajstić information content (AvgIpc) is 2.55. The molecule has 122 valence electrons. The third-order valence-corrected chi connectivity index (χ3v) is 3.56. The van der Waals surface area contributed by atoms with Crippen molar-refractivity contribution in [2.75, 3.05) is 10.6 Å². The van der Waals surface area contributed by atoms with Gasteiger partial charge in [-0.2, -0.15) is 0 Å². The summed E-state index contributed by atoms with van der Waals surface area (Å²) < 4.78 is 0. The third-order valence-electron chi connectivity index (χ3n) is 3.23. The van der Waals surface area contributed by atoms with E-state index in [1.807, 2.05) is 42.5 Å². The van der Waals surface area contributed by atoms with Crippen molar-refractivity contribution in [2.24, 2.45) is 0 Å². The van der Waals surface area contributed by atoms with E-state index in [4.69, 9.17) is 11.6 Å². The number of hydrogen-bond donors (Lipinski definition) is 2. The highest BCUT2D eigenvalue weighted by molar-refractivity contribution is 6.33. The summed E-state index contributed by atoms with van der Waals surface area (Å²) >= 11 is 6.30. The van der Waals surface area contributed by atoms with E-state index in [2.05, 4.69) is 39.4 Å². The fraction of sp³-hybridized carbons (Fsp3) is 0.167. The summed E-state index contributed by atoms with van der Waals surface area (Å²) in [7, 11) is 0. The fourth-order valence-electron chi connectivity index (χ4n) is 2.23. The maximum absolute atomic E-state index is 6.30. The van der Waals surface area contributed by atoms with Gasteiger partial charge in [0.2, 0.25) is 0 Å². The van der Waals surface area contributed by atoms with Gasteiger partial charge in [-0.05, 0) is 38.1 Å². The lowest BCUT2D eigenvalue weighted by molar-refractivity contribution is 0.887. The van der Waals surface area contributed by atoms with Crippen LogP contribution in [0.3, 0.4) is 0 Å². The molecule has 3 aromatic rings. The molecule has 2 N–H and O–H groups in total. The molecule has 3 rings (SSSR count). The minimum atomic E-state index is 0.257. The van der Waals surface area contributed by atoms with Crippen LogP contribution in [0.4, 0.5) is 17.3 Å². The lowest BCUT2D eigenvalue weighted by Crippen LogP contribution is -2.12. The van der Waals surface area contributed by atoms with Crippen molar-refractivity contribution in [3.05, 3.63) is 59.9 Å². The molecule has 5 nitrogen and oxygen atoms in total. The first-order valence-corrected chi connectivity index (χ1v) is 8.07. The number of nitrogens with one attached hydrogen (secondary N) is 2. The zero-order valence-corrected chi connectivity index (χ0v) is 14.2. The maximum atomic E-state index is 6.30. The number of hydrogen-bond acceptors (Lipinski definition) is 5. The number of benzene rings is 1. The minimum absolute atomic E-state index is 0.257. The first kappa shape index (κ1) is 16.2. The molecule has 1 aromatic carbocycles. The molecule has 0 saturated carbocycles. The quantitative estimate of drug-likeness (QED) is 0.702. The van der Waals surface area contributed by atoms with Gasteiger partial charge in [-0.1, -0.05) is 23.7 Å². The Morgan fingerprint density at radius 1 is 0.958 bits per heavy atom. The van der Waals surface area contributed by atoms with Gasteiger partial charge in [0.1, 0.15) is 11.6 Å². The van der Waals surface area contributed by atoms with Crippen LogP contribution in [0.2, 0.25) is 5.02 Å². The van der Waals surface area contributed by atoms with Crippen molar-refractivity contribution in [1.29, 1.82) is 0 Å². The predicted molar refractivity (Wildman–Crippen MR) is 98.8 cm³/mol. The molecule has 24 heavy (non-hydrogen) atoms. The van der Waals surface area contributed by atoms with Crippen LogP contribution in [-0.4, -0.2) is 21.0 Å². The summed E-state index contributed by atoms with van der Waals surface area (Å²) in [5.74, 6) is 2.00. The Kier molecular flexibility index (Phi) is 4.91. The summed E-state index contributed by atoms with van der Waals surface area (Å²) in [4.78, 5) is 13.2. The molecule has 0 radical (unpaired) electrons. The second-order valence-corrected chi connectivity index (χ2v) is 6.01. The molecule has 0 bridgehead atoms. The highest BCUT2D eigenvalue weighted by atomic mass is 35.5. The van der Waals surface area contributed by atoms with Gasteiger partial charge in [0, 0.05) is 35.8 Å². The normalized spacial score (nSPS) is 10.7. The van der Waals surface area contributed by atoms with E-state index in [1.165, 1.54) is 0 Å². The summed E-state index contributed by atoms with van der Waals surface area (Å²) in [6, 6.07) is 13.4. The van der Waals surface area contributed by atoms with Gasteiger partial charge in [-0.25, -0.2) is 9.97 Å².